The standard InChI is InChI=1S/C21H29NO4S2/c1-13(2)9-19(28-26-16-11-14(3)10-15(4)12-16)17-5-6-18(27-17)21(25)22-8-7-20(23)24/h5-6,10-11,13,15,19H,7-9,12H2,1-4H3,(H,22,25)(H,23,24). The van der Waals surface area contributed by atoms with Crippen LogP contribution in [-0.2, 0) is 8.98 Å². The number of thiophene rings is 1. The van der Waals surface area contributed by atoms with Crippen molar-refractivity contribution in [2.24, 2.45) is 11.8 Å². The third kappa shape index (κ3) is 7.36. The van der Waals surface area contributed by atoms with Crippen LogP contribution < -0.4 is 5.32 Å². The maximum Gasteiger partial charge on any atom is 0.305 e. The molecule has 1 aliphatic carbocycles. The van der Waals surface area contributed by atoms with Gasteiger partial charge in [0, 0.05) is 17.8 Å². The van der Waals surface area contributed by atoms with E-state index in [0.717, 1.165) is 23.5 Å². The second-order valence-electron chi connectivity index (χ2n) is 7.60. The summed E-state index contributed by atoms with van der Waals surface area (Å²) in [7, 11) is 0. The fourth-order valence-electron chi connectivity index (χ4n) is 3.01. The lowest BCUT2D eigenvalue weighted by Crippen LogP contribution is -2.25. The number of aliphatic carboxylic acids is 1. The van der Waals surface area contributed by atoms with Crippen molar-refractivity contribution >= 4 is 35.3 Å². The first kappa shape index (κ1) is 22.6. The van der Waals surface area contributed by atoms with Crippen molar-refractivity contribution in [3.63, 3.8) is 0 Å². The summed E-state index contributed by atoms with van der Waals surface area (Å²) < 4.78 is 6.08. The predicted molar refractivity (Wildman–Crippen MR) is 115 cm³/mol. The topological polar surface area (TPSA) is 75.6 Å². The van der Waals surface area contributed by atoms with E-state index in [-0.39, 0.29) is 24.1 Å². The van der Waals surface area contributed by atoms with Crippen LogP contribution >= 0.6 is 23.4 Å². The molecule has 0 saturated heterocycles. The summed E-state index contributed by atoms with van der Waals surface area (Å²) in [6.45, 7) is 8.76. The summed E-state index contributed by atoms with van der Waals surface area (Å²) in [4.78, 5) is 24.5. The molecule has 7 heteroatoms. The largest absolute Gasteiger partial charge is 0.481 e. The van der Waals surface area contributed by atoms with Gasteiger partial charge in [-0.15, -0.1) is 11.3 Å². The number of allylic oxidation sites excluding steroid dienone is 4. The average Bonchev–Trinajstić information content (AvgIpc) is 3.07. The lowest BCUT2D eigenvalue weighted by molar-refractivity contribution is -0.136. The number of nitrogens with one attached hydrogen (secondary N) is 1. The Hall–Kier alpha value is -1.73. The minimum absolute atomic E-state index is 0.0783. The molecule has 2 unspecified atom stereocenters. The molecular weight excluding hydrogens is 394 g/mol. The van der Waals surface area contributed by atoms with Crippen molar-refractivity contribution < 1.29 is 18.9 Å². The second kappa shape index (κ2) is 10.7. The molecular formula is C21H29NO4S2. The van der Waals surface area contributed by atoms with E-state index in [4.69, 9.17) is 9.29 Å². The lowest BCUT2D eigenvalue weighted by Gasteiger charge is -2.21. The summed E-state index contributed by atoms with van der Waals surface area (Å²) in [6, 6.07) is 3.78. The van der Waals surface area contributed by atoms with E-state index in [2.05, 4.69) is 45.2 Å². The maximum atomic E-state index is 12.2. The molecule has 1 aromatic heterocycles. The zero-order valence-electron chi connectivity index (χ0n) is 16.9. The number of amides is 1. The van der Waals surface area contributed by atoms with Gasteiger partial charge in [0.2, 0.25) is 0 Å². The normalized spacial score (nSPS) is 17.7. The predicted octanol–water partition coefficient (Wildman–Crippen LogP) is 5.57. The van der Waals surface area contributed by atoms with E-state index in [0.29, 0.717) is 16.7 Å². The first-order valence-corrected chi connectivity index (χ1v) is 11.2. The molecule has 2 atom stereocenters. The molecule has 5 nitrogen and oxygen atoms in total. The highest BCUT2D eigenvalue weighted by molar-refractivity contribution is 7.95. The zero-order valence-corrected chi connectivity index (χ0v) is 18.5. The minimum atomic E-state index is -0.922. The molecule has 1 amide bonds. The molecule has 0 aromatic carbocycles. The van der Waals surface area contributed by atoms with E-state index in [1.165, 1.54) is 29.0 Å². The Morgan fingerprint density at radius 1 is 1.39 bits per heavy atom. The van der Waals surface area contributed by atoms with Crippen LogP contribution in [0.15, 0.2) is 35.6 Å². The van der Waals surface area contributed by atoms with Crippen LogP contribution in [0.3, 0.4) is 0 Å². The Morgan fingerprint density at radius 3 is 2.79 bits per heavy atom. The van der Waals surface area contributed by atoms with Crippen LogP contribution in [0, 0.1) is 11.8 Å². The van der Waals surface area contributed by atoms with Gasteiger partial charge in [-0.1, -0.05) is 32.4 Å². The molecule has 0 fully saturated rings. The number of hydrogen-bond donors (Lipinski definition) is 2. The summed E-state index contributed by atoms with van der Waals surface area (Å²) in [5.41, 5.74) is 1.23. The van der Waals surface area contributed by atoms with Crippen LogP contribution in [0.2, 0.25) is 0 Å². The average molecular weight is 424 g/mol. The fourth-order valence-corrected chi connectivity index (χ4v) is 5.19. The SMILES string of the molecule is CC1=CC(C)CC(OSC(CC(C)C)c2ccc(C(=O)NCCC(=O)O)s2)=C1. The zero-order chi connectivity index (χ0) is 20.7. The minimum Gasteiger partial charge on any atom is -0.481 e. The van der Waals surface area contributed by atoms with Gasteiger partial charge in [-0.3, -0.25) is 9.59 Å². The highest BCUT2D eigenvalue weighted by atomic mass is 32.2. The van der Waals surface area contributed by atoms with Gasteiger partial charge in [0.25, 0.3) is 5.91 Å². The van der Waals surface area contributed by atoms with Crippen LogP contribution in [0.1, 0.15) is 66.8 Å². The highest BCUT2D eigenvalue weighted by Gasteiger charge is 2.21. The van der Waals surface area contributed by atoms with Gasteiger partial charge in [0.1, 0.15) is 5.76 Å². The van der Waals surface area contributed by atoms with Crippen molar-refractivity contribution in [3.05, 3.63) is 45.4 Å². The van der Waals surface area contributed by atoms with Crippen LogP contribution in [0.4, 0.5) is 0 Å². The fraction of sp³-hybridized carbons (Fsp3) is 0.524. The van der Waals surface area contributed by atoms with Crippen LogP contribution in [0.25, 0.3) is 0 Å². The second-order valence-corrected chi connectivity index (χ2v) is 9.65. The molecule has 1 aliphatic rings. The number of carboxylic acids is 1. The van der Waals surface area contributed by atoms with Gasteiger partial charge >= 0.3 is 5.97 Å². The molecule has 0 aliphatic heterocycles. The summed E-state index contributed by atoms with van der Waals surface area (Å²) >= 11 is 2.91. The third-order valence-corrected chi connectivity index (χ3v) is 6.54. The Morgan fingerprint density at radius 2 is 2.14 bits per heavy atom. The van der Waals surface area contributed by atoms with E-state index in [1.54, 1.807) is 6.07 Å². The van der Waals surface area contributed by atoms with E-state index in [1.807, 2.05) is 6.07 Å². The third-order valence-electron chi connectivity index (χ3n) is 4.21. The quantitative estimate of drug-likeness (QED) is 0.481. The van der Waals surface area contributed by atoms with E-state index < -0.39 is 5.97 Å². The van der Waals surface area contributed by atoms with Crippen molar-refractivity contribution in [2.75, 3.05) is 6.54 Å². The number of carboxylic acid groups (broad SMARTS) is 1. The Labute approximate surface area is 175 Å². The summed E-state index contributed by atoms with van der Waals surface area (Å²) in [5, 5.41) is 11.5. The van der Waals surface area contributed by atoms with E-state index in [9.17, 15) is 9.59 Å². The summed E-state index contributed by atoms with van der Waals surface area (Å²) in [5.74, 6) is 0.823. The van der Waals surface area contributed by atoms with Gasteiger partial charge < -0.3 is 14.6 Å². The van der Waals surface area contributed by atoms with Gasteiger partial charge in [-0.2, -0.15) is 0 Å². The van der Waals surface area contributed by atoms with Gasteiger partial charge in [-0.25, -0.2) is 0 Å². The van der Waals surface area contributed by atoms with E-state index >= 15 is 0 Å². The molecule has 1 heterocycles. The molecule has 0 radical (unpaired) electrons. The van der Waals surface area contributed by atoms with Crippen LogP contribution in [-0.4, -0.2) is 23.5 Å². The molecule has 28 heavy (non-hydrogen) atoms. The number of carbonyl (C=O) groups excluding carboxylic acids is 1. The van der Waals surface area contributed by atoms with Crippen molar-refractivity contribution in [2.45, 2.75) is 52.2 Å². The molecule has 2 N–H and O–H groups in total. The Kier molecular flexibility index (Phi) is 8.63. The molecule has 154 valence electrons. The van der Waals surface area contributed by atoms with Crippen molar-refractivity contribution in [1.82, 2.24) is 5.32 Å². The number of carbonyl (C=O) groups is 2. The van der Waals surface area contributed by atoms with Crippen LogP contribution in [0.5, 0.6) is 0 Å². The highest BCUT2D eigenvalue weighted by Crippen LogP contribution is 2.41. The monoisotopic (exact) mass is 423 g/mol. The number of rotatable bonds is 10. The van der Waals surface area contributed by atoms with Gasteiger partial charge in [0.05, 0.1) is 28.6 Å². The van der Waals surface area contributed by atoms with Gasteiger partial charge in [0.15, 0.2) is 0 Å². The molecule has 0 bridgehead atoms. The molecule has 2 rings (SSSR count). The number of hydrogen-bond acceptors (Lipinski definition) is 5. The molecule has 0 spiro atoms. The smallest absolute Gasteiger partial charge is 0.305 e. The van der Waals surface area contributed by atoms with Crippen molar-refractivity contribution in [1.29, 1.82) is 0 Å². The first-order valence-electron chi connectivity index (χ1n) is 9.56. The van der Waals surface area contributed by atoms with Gasteiger partial charge in [-0.05, 0) is 43.4 Å². The Balaban J connectivity index is 2.01. The first-order chi connectivity index (χ1) is 13.2. The molecule has 1 aromatic rings. The maximum absolute atomic E-state index is 12.2. The lowest BCUT2D eigenvalue weighted by atomic mass is 9.98. The Bertz CT molecular complexity index is 751. The summed E-state index contributed by atoms with van der Waals surface area (Å²) in [6.07, 6.45) is 6.11. The molecule has 0 saturated carbocycles. The van der Waals surface area contributed by atoms with Crippen molar-refractivity contribution in [3.8, 4) is 0 Å².